The number of amides is 1. The Morgan fingerprint density at radius 1 is 1.20 bits per heavy atom. The van der Waals surface area contributed by atoms with Gasteiger partial charge in [-0.3, -0.25) is 14.6 Å². The SMILES string of the molecule is Cc1cc(O)c(C(O)=C2C(=O)C(=O)N(CCCN(C)C)[C@H]2c2cccnc2)cc1C. The summed E-state index contributed by atoms with van der Waals surface area (Å²) in [4.78, 5) is 33.4. The molecule has 7 heteroatoms. The van der Waals surface area contributed by atoms with Crippen molar-refractivity contribution in [2.75, 3.05) is 27.2 Å². The fourth-order valence-corrected chi connectivity index (χ4v) is 3.69. The molecule has 158 valence electrons. The van der Waals surface area contributed by atoms with E-state index < -0.39 is 17.7 Å². The Morgan fingerprint density at radius 2 is 1.90 bits per heavy atom. The molecule has 1 aliphatic rings. The van der Waals surface area contributed by atoms with E-state index in [1.54, 1.807) is 30.6 Å². The van der Waals surface area contributed by atoms with Gasteiger partial charge in [0.15, 0.2) is 0 Å². The van der Waals surface area contributed by atoms with Crippen LogP contribution < -0.4 is 0 Å². The van der Waals surface area contributed by atoms with Crippen LogP contribution in [0.5, 0.6) is 5.75 Å². The zero-order chi connectivity index (χ0) is 22.0. The van der Waals surface area contributed by atoms with Gasteiger partial charge in [-0.05, 0) is 75.8 Å². The summed E-state index contributed by atoms with van der Waals surface area (Å²) in [6, 6.07) is 5.90. The number of hydrogen-bond donors (Lipinski definition) is 2. The number of likely N-dealkylation sites (tertiary alicyclic amines) is 1. The molecular formula is C23H27N3O4. The third-order valence-electron chi connectivity index (χ3n) is 5.41. The molecule has 3 rings (SSSR count). The highest BCUT2D eigenvalue weighted by Gasteiger charge is 2.46. The first kappa shape index (κ1) is 21.5. The Labute approximate surface area is 176 Å². The quantitative estimate of drug-likeness (QED) is 0.433. The van der Waals surface area contributed by atoms with Gasteiger partial charge in [0.05, 0.1) is 17.2 Å². The number of rotatable bonds is 6. The molecule has 0 saturated carbocycles. The number of pyridine rings is 1. The Bertz CT molecular complexity index is 999. The number of benzene rings is 1. The van der Waals surface area contributed by atoms with E-state index in [4.69, 9.17) is 0 Å². The van der Waals surface area contributed by atoms with Crippen LogP contribution in [0.3, 0.4) is 0 Å². The van der Waals surface area contributed by atoms with Crippen LogP contribution >= 0.6 is 0 Å². The Hall–Kier alpha value is -3.19. The van der Waals surface area contributed by atoms with Gasteiger partial charge in [-0.1, -0.05) is 6.07 Å². The van der Waals surface area contributed by atoms with Crippen molar-refractivity contribution in [3.05, 3.63) is 64.5 Å². The number of carbonyl (C=O) groups excluding carboxylic acids is 2. The molecular weight excluding hydrogens is 382 g/mol. The Morgan fingerprint density at radius 3 is 2.53 bits per heavy atom. The normalized spacial score (nSPS) is 18.4. The first-order valence-electron chi connectivity index (χ1n) is 9.86. The lowest BCUT2D eigenvalue weighted by Crippen LogP contribution is -2.32. The van der Waals surface area contributed by atoms with Crippen molar-refractivity contribution in [3.8, 4) is 5.75 Å². The number of Topliss-reactive ketones (excluding diaryl/α,β-unsaturated/α-hetero) is 1. The zero-order valence-corrected chi connectivity index (χ0v) is 17.7. The van der Waals surface area contributed by atoms with Crippen LogP contribution in [0.2, 0.25) is 0 Å². The van der Waals surface area contributed by atoms with Gasteiger partial charge in [0.1, 0.15) is 11.5 Å². The van der Waals surface area contributed by atoms with E-state index in [-0.39, 0.29) is 22.6 Å². The summed E-state index contributed by atoms with van der Waals surface area (Å²) in [6.45, 7) is 4.81. The molecule has 1 fully saturated rings. The number of ketones is 1. The minimum absolute atomic E-state index is 0.0311. The van der Waals surface area contributed by atoms with E-state index in [9.17, 15) is 19.8 Å². The van der Waals surface area contributed by atoms with Crippen molar-refractivity contribution in [1.29, 1.82) is 0 Å². The van der Waals surface area contributed by atoms with E-state index in [0.29, 0.717) is 18.5 Å². The van der Waals surface area contributed by atoms with Gasteiger partial charge in [-0.25, -0.2) is 0 Å². The maximum Gasteiger partial charge on any atom is 0.295 e. The molecule has 0 aliphatic carbocycles. The highest BCUT2D eigenvalue weighted by Crippen LogP contribution is 2.41. The standard InChI is InChI=1S/C23H27N3O4/c1-14-11-17(18(27)12-15(14)2)21(28)19-20(16-7-5-8-24-13-16)26(23(30)22(19)29)10-6-9-25(3)4/h5,7-8,11-13,20,27-28H,6,9-10H2,1-4H3/t20-/m0/s1. The number of nitrogens with zero attached hydrogens (tertiary/aromatic N) is 3. The first-order chi connectivity index (χ1) is 14.2. The topological polar surface area (TPSA) is 94.0 Å². The fourth-order valence-electron chi connectivity index (χ4n) is 3.69. The second-order valence-corrected chi connectivity index (χ2v) is 7.89. The number of aromatic hydroxyl groups is 1. The molecule has 0 bridgehead atoms. The summed E-state index contributed by atoms with van der Waals surface area (Å²) in [7, 11) is 3.88. The maximum absolute atomic E-state index is 13.0. The molecule has 0 unspecified atom stereocenters. The van der Waals surface area contributed by atoms with Crippen LogP contribution in [-0.2, 0) is 9.59 Å². The minimum atomic E-state index is -0.762. The predicted molar refractivity (Wildman–Crippen MR) is 114 cm³/mol. The highest BCUT2D eigenvalue weighted by atomic mass is 16.3. The van der Waals surface area contributed by atoms with Gasteiger partial charge < -0.3 is 20.0 Å². The lowest BCUT2D eigenvalue weighted by molar-refractivity contribution is -0.139. The number of carbonyl (C=O) groups is 2. The third kappa shape index (κ3) is 4.07. The second-order valence-electron chi connectivity index (χ2n) is 7.89. The minimum Gasteiger partial charge on any atom is -0.507 e. The van der Waals surface area contributed by atoms with Crippen LogP contribution in [0.25, 0.3) is 5.76 Å². The molecule has 0 spiro atoms. The summed E-state index contributed by atoms with van der Waals surface area (Å²) in [5.41, 5.74) is 2.45. The van der Waals surface area contributed by atoms with Crippen LogP contribution in [0.1, 0.15) is 34.7 Å². The first-order valence-corrected chi connectivity index (χ1v) is 9.86. The monoisotopic (exact) mass is 409 g/mol. The molecule has 2 heterocycles. The summed E-state index contributed by atoms with van der Waals surface area (Å²) < 4.78 is 0. The fraction of sp³-hybridized carbons (Fsp3) is 0.348. The highest BCUT2D eigenvalue weighted by molar-refractivity contribution is 6.46. The lowest BCUT2D eigenvalue weighted by Gasteiger charge is -2.25. The Balaban J connectivity index is 2.13. The van der Waals surface area contributed by atoms with E-state index in [2.05, 4.69) is 4.98 Å². The van der Waals surface area contributed by atoms with Gasteiger partial charge in [-0.15, -0.1) is 0 Å². The van der Waals surface area contributed by atoms with Crippen molar-refractivity contribution in [2.24, 2.45) is 0 Å². The molecule has 1 saturated heterocycles. The summed E-state index contributed by atoms with van der Waals surface area (Å²) in [5.74, 6) is -1.94. The van der Waals surface area contributed by atoms with Gasteiger partial charge in [0.25, 0.3) is 11.7 Å². The number of phenolic OH excluding ortho intramolecular Hbond substituents is 1. The molecule has 2 aromatic rings. The second kappa shape index (κ2) is 8.67. The van der Waals surface area contributed by atoms with Crippen molar-refractivity contribution in [3.63, 3.8) is 0 Å². The number of aryl methyl sites for hydroxylation is 2. The summed E-state index contributed by atoms with van der Waals surface area (Å²) >= 11 is 0. The van der Waals surface area contributed by atoms with Crippen LogP contribution in [0.15, 0.2) is 42.2 Å². The van der Waals surface area contributed by atoms with Gasteiger partial charge in [0.2, 0.25) is 0 Å². The van der Waals surface area contributed by atoms with Crippen molar-refractivity contribution < 1.29 is 19.8 Å². The number of phenols is 1. The summed E-state index contributed by atoms with van der Waals surface area (Å²) in [5, 5.41) is 21.5. The van der Waals surface area contributed by atoms with Gasteiger partial charge >= 0.3 is 0 Å². The number of hydrogen-bond acceptors (Lipinski definition) is 6. The van der Waals surface area contributed by atoms with E-state index >= 15 is 0 Å². The molecule has 0 radical (unpaired) electrons. The average Bonchev–Trinajstić information content (AvgIpc) is 2.95. The largest absolute Gasteiger partial charge is 0.507 e. The average molecular weight is 409 g/mol. The van der Waals surface area contributed by atoms with Crippen LogP contribution in [0.4, 0.5) is 0 Å². The predicted octanol–water partition coefficient (Wildman–Crippen LogP) is 2.78. The number of aromatic nitrogens is 1. The van der Waals surface area contributed by atoms with Gasteiger partial charge in [0, 0.05) is 18.9 Å². The van der Waals surface area contributed by atoms with E-state index in [1.807, 2.05) is 32.8 Å². The molecule has 1 aliphatic heterocycles. The van der Waals surface area contributed by atoms with Crippen molar-refractivity contribution in [1.82, 2.24) is 14.8 Å². The molecule has 30 heavy (non-hydrogen) atoms. The van der Waals surface area contributed by atoms with E-state index in [0.717, 1.165) is 17.7 Å². The molecule has 1 aromatic carbocycles. The van der Waals surface area contributed by atoms with E-state index in [1.165, 1.54) is 11.0 Å². The zero-order valence-electron chi connectivity index (χ0n) is 17.7. The van der Waals surface area contributed by atoms with Crippen LogP contribution in [0, 0.1) is 13.8 Å². The maximum atomic E-state index is 13.0. The molecule has 1 atom stereocenters. The molecule has 7 nitrogen and oxygen atoms in total. The smallest absolute Gasteiger partial charge is 0.295 e. The van der Waals surface area contributed by atoms with Crippen LogP contribution in [-0.4, -0.2) is 63.9 Å². The lowest BCUT2D eigenvalue weighted by atomic mass is 9.94. The van der Waals surface area contributed by atoms with Crippen molar-refractivity contribution in [2.45, 2.75) is 26.3 Å². The Kier molecular flexibility index (Phi) is 6.22. The number of aliphatic hydroxyl groups is 1. The third-order valence-corrected chi connectivity index (χ3v) is 5.41. The molecule has 1 amide bonds. The number of aliphatic hydroxyl groups excluding tert-OH is 1. The molecule has 2 N–H and O–H groups in total. The molecule has 1 aromatic heterocycles. The van der Waals surface area contributed by atoms with Gasteiger partial charge in [-0.2, -0.15) is 0 Å². The summed E-state index contributed by atoms with van der Waals surface area (Å²) in [6.07, 6.45) is 3.87. The van der Waals surface area contributed by atoms with Crippen molar-refractivity contribution >= 4 is 17.4 Å².